The highest BCUT2D eigenvalue weighted by molar-refractivity contribution is 7.92. The number of aromatic nitrogens is 2. The first-order chi connectivity index (χ1) is 18.2. The van der Waals surface area contributed by atoms with Gasteiger partial charge in [-0.05, 0) is 70.5 Å². The Bertz CT molecular complexity index is 1720. The van der Waals surface area contributed by atoms with Crippen LogP contribution in [0.3, 0.4) is 0 Å². The number of sulfonamides is 1. The molecule has 2 aromatic heterocycles. The number of halogens is 2. The Morgan fingerprint density at radius 1 is 1.05 bits per heavy atom. The van der Waals surface area contributed by atoms with E-state index >= 15 is 4.39 Å². The minimum atomic E-state index is -3.85. The number of pyridine rings is 1. The lowest BCUT2D eigenvalue weighted by molar-refractivity contribution is 0.00578. The van der Waals surface area contributed by atoms with Crippen LogP contribution in [0.25, 0.3) is 21.9 Å². The molecule has 3 heterocycles. The number of hydrogen-bond acceptors (Lipinski definition) is 6. The first-order valence-electron chi connectivity index (χ1n) is 12.5. The van der Waals surface area contributed by atoms with Crippen molar-refractivity contribution in [1.29, 1.82) is 0 Å². The van der Waals surface area contributed by atoms with Crippen LogP contribution in [0.1, 0.15) is 57.0 Å². The zero-order valence-electron chi connectivity index (χ0n) is 22.2. The van der Waals surface area contributed by atoms with Gasteiger partial charge in [-0.1, -0.05) is 6.92 Å². The number of hydrogen-bond donors (Lipinski definition) is 2. The Morgan fingerprint density at radius 3 is 2.41 bits per heavy atom. The molecule has 0 bridgehead atoms. The molecule has 0 aliphatic carbocycles. The molecule has 1 saturated heterocycles. The van der Waals surface area contributed by atoms with Crippen LogP contribution >= 0.6 is 0 Å². The van der Waals surface area contributed by atoms with E-state index < -0.39 is 57.0 Å². The molecule has 0 saturated carbocycles. The van der Waals surface area contributed by atoms with Crippen LogP contribution in [0, 0.1) is 11.6 Å². The molecule has 0 atom stereocenters. The van der Waals surface area contributed by atoms with Gasteiger partial charge in [0.1, 0.15) is 11.5 Å². The van der Waals surface area contributed by atoms with Crippen molar-refractivity contribution in [3.8, 4) is 0 Å². The molecule has 1 fully saturated rings. The van der Waals surface area contributed by atoms with E-state index in [9.17, 15) is 17.6 Å². The van der Waals surface area contributed by atoms with Crippen LogP contribution in [0.15, 0.2) is 42.6 Å². The summed E-state index contributed by atoms with van der Waals surface area (Å²) in [5, 5.41) is 1.29. The van der Waals surface area contributed by atoms with Gasteiger partial charge < -0.3 is 14.3 Å². The standard InChI is InChI=1S/C27H28BF2N3O5S/c1-6-11-39(35,36)33-21-10-8-19(29)22(23(21)30)24(34)15-7-9-20-17(12-15)18-13-16(14-31-25(18)32-20)28-37-26(2,3)27(4,5)38-28/h7-10,12-14,33H,6,11H2,1-5H3,(H,31,32). The summed E-state index contributed by atoms with van der Waals surface area (Å²) in [6, 6.07) is 8.27. The SMILES string of the molecule is CCCS(=O)(=O)Nc1ccc(F)c(C(=O)c2ccc3[nH]c4ncc(B5OC(C)(C)C(C)(C)O5)cc4c3c2)c1F. The second-order valence-electron chi connectivity index (χ2n) is 10.7. The average Bonchev–Trinajstić information content (AvgIpc) is 3.32. The number of anilines is 1. The second-order valence-corrected chi connectivity index (χ2v) is 12.5. The number of nitrogens with one attached hydrogen (secondary N) is 2. The maximum atomic E-state index is 15.3. The van der Waals surface area contributed by atoms with Crippen LogP contribution in [0.5, 0.6) is 0 Å². The van der Waals surface area contributed by atoms with Gasteiger partial charge in [-0.2, -0.15) is 0 Å². The van der Waals surface area contributed by atoms with Crippen LogP contribution in [-0.2, 0) is 19.3 Å². The Kier molecular flexibility index (Phi) is 6.56. The zero-order chi connectivity index (χ0) is 28.3. The molecule has 1 aliphatic rings. The summed E-state index contributed by atoms with van der Waals surface area (Å²) in [7, 11) is -4.50. The molecule has 2 N–H and O–H groups in total. The third-order valence-corrected chi connectivity index (χ3v) is 8.79. The van der Waals surface area contributed by atoms with Crippen molar-refractivity contribution < 1.29 is 31.3 Å². The summed E-state index contributed by atoms with van der Waals surface area (Å²) in [4.78, 5) is 21.0. The molecule has 0 radical (unpaired) electrons. The lowest BCUT2D eigenvalue weighted by Crippen LogP contribution is -2.41. The number of H-pyrrole nitrogens is 1. The molecule has 39 heavy (non-hydrogen) atoms. The highest BCUT2D eigenvalue weighted by Gasteiger charge is 2.51. The summed E-state index contributed by atoms with van der Waals surface area (Å²) in [5.74, 6) is -3.54. The van der Waals surface area contributed by atoms with E-state index in [2.05, 4.69) is 14.7 Å². The van der Waals surface area contributed by atoms with Gasteiger partial charge in [0.25, 0.3) is 0 Å². The van der Waals surface area contributed by atoms with E-state index in [-0.39, 0.29) is 11.3 Å². The van der Waals surface area contributed by atoms with Gasteiger partial charge in [-0.15, -0.1) is 0 Å². The number of aromatic amines is 1. The molecule has 0 spiro atoms. The number of fused-ring (bicyclic) bond motifs is 3. The van der Waals surface area contributed by atoms with Crippen molar-refractivity contribution in [2.24, 2.45) is 0 Å². The summed E-state index contributed by atoms with van der Waals surface area (Å²) in [5.41, 5.74) is -0.486. The first-order valence-corrected chi connectivity index (χ1v) is 14.2. The molecule has 8 nitrogen and oxygen atoms in total. The van der Waals surface area contributed by atoms with Gasteiger partial charge in [0.05, 0.1) is 28.2 Å². The Labute approximate surface area is 225 Å². The van der Waals surface area contributed by atoms with Gasteiger partial charge in [0, 0.05) is 33.5 Å². The highest BCUT2D eigenvalue weighted by atomic mass is 32.2. The van der Waals surface area contributed by atoms with Crippen molar-refractivity contribution in [2.45, 2.75) is 52.2 Å². The molecule has 0 amide bonds. The molecule has 12 heteroatoms. The van der Waals surface area contributed by atoms with Crippen LogP contribution in [0.4, 0.5) is 14.5 Å². The van der Waals surface area contributed by atoms with Crippen molar-refractivity contribution >= 4 is 56.0 Å². The summed E-state index contributed by atoms with van der Waals surface area (Å²) in [6.07, 6.45) is 1.96. The first kappa shape index (κ1) is 27.2. The molecular weight excluding hydrogens is 527 g/mol. The topological polar surface area (TPSA) is 110 Å². The van der Waals surface area contributed by atoms with Crippen LogP contribution in [-0.4, -0.2) is 48.2 Å². The lowest BCUT2D eigenvalue weighted by atomic mass is 9.80. The van der Waals surface area contributed by atoms with Crippen LogP contribution in [0.2, 0.25) is 0 Å². The Morgan fingerprint density at radius 2 is 1.74 bits per heavy atom. The molecule has 4 aromatic rings. The smallest absolute Gasteiger partial charge is 0.399 e. The quantitative estimate of drug-likeness (QED) is 0.253. The van der Waals surface area contributed by atoms with Crippen molar-refractivity contribution in [1.82, 2.24) is 9.97 Å². The molecule has 0 unspecified atom stereocenters. The number of nitrogens with zero attached hydrogens (tertiary/aromatic N) is 1. The van der Waals surface area contributed by atoms with Crippen molar-refractivity contribution in [3.63, 3.8) is 0 Å². The highest BCUT2D eigenvalue weighted by Crippen LogP contribution is 2.37. The molecule has 2 aromatic carbocycles. The fraction of sp³-hybridized carbons (Fsp3) is 0.333. The monoisotopic (exact) mass is 555 g/mol. The van der Waals surface area contributed by atoms with E-state index in [1.54, 1.807) is 19.2 Å². The number of rotatable bonds is 7. The van der Waals surface area contributed by atoms with E-state index in [4.69, 9.17) is 9.31 Å². The van der Waals surface area contributed by atoms with Crippen LogP contribution < -0.4 is 10.2 Å². The normalized spacial score (nSPS) is 16.7. The predicted molar refractivity (Wildman–Crippen MR) is 147 cm³/mol. The van der Waals surface area contributed by atoms with Gasteiger partial charge in [-0.25, -0.2) is 22.2 Å². The zero-order valence-corrected chi connectivity index (χ0v) is 23.0. The largest absolute Gasteiger partial charge is 0.496 e. The predicted octanol–water partition coefficient (Wildman–Crippen LogP) is 4.68. The number of carbonyl (C=O) groups is 1. The van der Waals surface area contributed by atoms with E-state index in [1.807, 2.05) is 33.8 Å². The van der Waals surface area contributed by atoms with Crippen molar-refractivity contribution in [3.05, 3.63) is 65.4 Å². The fourth-order valence-electron chi connectivity index (χ4n) is 4.51. The minimum absolute atomic E-state index is 0.0239. The Hall–Kier alpha value is -3.35. The van der Waals surface area contributed by atoms with Gasteiger partial charge in [-0.3, -0.25) is 9.52 Å². The fourth-order valence-corrected chi connectivity index (χ4v) is 5.64. The van der Waals surface area contributed by atoms with Crippen molar-refractivity contribution in [2.75, 3.05) is 10.5 Å². The summed E-state index contributed by atoms with van der Waals surface area (Å²) >= 11 is 0. The average molecular weight is 555 g/mol. The van der Waals surface area contributed by atoms with Gasteiger partial charge >= 0.3 is 7.12 Å². The minimum Gasteiger partial charge on any atom is -0.399 e. The molecular formula is C27H28BF2N3O5S. The molecule has 204 valence electrons. The summed E-state index contributed by atoms with van der Waals surface area (Å²) in [6.45, 7) is 9.45. The number of carbonyl (C=O) groups excluding carboxylic acids is 1. The number of benzene rings is 2. The van der Waals surface area contributed by atoms with E-state index in [0.717, 1.165) is 12.1 Å². The van der Waals surface area contributed by atoms with E-state index in [1.165, 1.54) is 12.1 Å². The molecule has 5 rings (SSSR count). The Balaban J connectivity index is 1.54. The summed E-state index contributed by atoms with van der Waals surface area (Å²) < 4.78 is 68.6. The van der Waals surface area contributed by atoms with E-state index in [0.29, 0.717) is 33.8 Å². The van der Waals surface area contributed by atoms with Gasteiger partial charge in [0.15, 0.2) is 11.6 Å². The third kappa shape index (κ3) is 4.81. The maximum Gasteiger partial charge on any atom is 0.496 e. The third-order valence-electron chi connectivity index (χ3n) is 7.32. The number of ketones is 1. The lowest BCUT2D eigenvalue weighted by Gasteiger charge is -2.32. The second kappa shape index (κ2) is 9.39. The van der Waals surface area contributed by atoms with Gasteiger partial charge in [0.2, 0.25) is 10.0 Å². The molecule has 1 aliphatic heterocycles. The maximum absolute atomic E-state index is 15.3.